The van der Waals surface area contributed by atoms with Crippen LogP contribution in [-0.4, -0.2) is 43.2 Å². The standard InChI is InChI=1S/C13H23N3O2/c1-13(2,3)6-10(7-14)12(17)16-4-5-18-11(8-15)9-16/h10-11H,4-7,9,14H2,1-3H3. The van der Waals surface area contributed by atoms with Crippen LogP contribution < -0.4 is 5.73 Å². The summed E-state index contributed by atoms with van der Waals surface area (Å²) in [5.74, 6) is -0.113. The third kappa shape index (κ3) is 4.28. The number of carbonyl (C=O) groups excluding carboxylic acids is 1. The van der Waals surface area contributed by atoms with Crippen LogP contribution in [0.5, 0.6) is 0 Å². The number of amides is 1. The average Bonchev–Trinajstić information content (AvgIpc) is 2.34. The van der Waals surface area contributed by atoms with Gasteiger partial charge in [0.25, 0.3) is 0 Å². The molecule has 5 heteroatoms. The van der Waals surface area contributed by atoms with E-state index in [9.17, 15) is 4.79 Å². The molecule has 0 spiro atoms. The van der Waals surface area contributed by atoms with Crippen LogP contribution in [-0.2, 0) is 9.53 Å². The Morgan fingerprint density at radius 3 is 2.78 bits per heavy atom. The molecule has 1 aliphatic rings. The Kier molecular flexibility index (Phi) is 5.12. The fraction of sp³-hybridized carbons (Fsp3) is 0.846. The van der Waals surface area contributed by atoms with Crippen LogP contribution in [0.15, 0.2) is 0 Å². The molecule has 2 N–H and O–H groups in total. The summed E-state index contributed by atoms with van der Waals surface area (Å²) in [5, 5.41) is 8.84. The van der Waals surface area contributed by atoms with Gasteiger partial charge in [-0.1, -0.05) is 20.8 Å². The summed E-state index contributed by atoms with van der Waals surface area (Å²) >= 11 is 0. The Morgan fingerprint density at radius 1 is 1.61 bits per heavy atom. The highest BCUT2D eigenvalue weighted by molar-refractivity contribution is 5.79. The quantitative estimate of drug-likeness (QED) is 0.805. The van der Waals surface area contributed by atoms with Crippen molar-refractivity contribution in [3.8, 4) is 6.07 Å². The fourth-order valence-corrected chi connectivity index (χ4v) is 2.20. The van der Waals surface area contributed by atoms with Gasteiger partial charge in [-0.3, -0.25) is 4.79 Å². The molecule has 0 aromatic heterocycles. The maximum absolute atomic E-state index is 12.3. The number of carbonyl (C=O) groups is 1. The van der Waals surface area contributed by atoms with Crippen LogP contribution in [0.1, 0.15) is 27.2 Å². The van der Waals surface area contributed by atoms with Crippen molar-refractivity contribution in [2.75, 3.05) is 26.2 Å². The van der Waals surface area contributed by atoms with Crippen molar-refractivity contribution in [2.24, 2.45) is 17.1 Å². The SMILES string of the molecule is CC(C)(C)CC(CN)C(=O)N1CCOC(C#N)C1. The van der Waals surface area contributed by atoms with Gasteiger partial charge >= 0.3 is 0 Å². The molecule has 0 saturated carbocycles. The highest BCUT2D eigenvalue weighted by atomic mass is 16.5. The first-order chi connectivity index (χ1) is 8.37. The second kappa shape index (κ2) is 6.17. The minimum atomic E-state index is -0.504. The van der Waals surface area contributed by atoms with E-state index in [1.807, 2.05) is 6.07 Å². The Hall–Kier alpha value is -1.12. The molecule has 1 heterocycles. The number of nitrogens with two attached hydrogens (primary N) is 1. The molecule has 2 atom stereocenters. The lowest BCUT2D eigenvalue weighted by Gasteiger charge is -2.34. The van der Waals surface area contributed by atoms with E-state index in [-0.39, 0.29) is 17.2 Å². The van der Waals surface area contributed by atoms with Crippen LogP contribution >= 0.6 is 0 Å². The maximum atomic E-state index is 12.3. The van der Waals surface area contributed by atoms with Crippen LogP contribution in [0.4, 0.5) is 0 Å². The van der Waals surface area contributed by atoms with Crippen LogP contribution in [0, 0.1) is 22.7 Å². The van der Waals surface area contributed by atoms with Gasteiger partial charge < -0.3 is 15.4 Å². The highest BCUT2D eigenvalue weighted by Crippen LogP contribution is 2.25. The topological polar surface area (TPSA) is 79.3 Å². The molecule has 0 radical (unpaired) electrons. The van der Waals surface area contributed by atoms with Gasteiger partial charge in [0.15, 0.2) is 6.10 Å². The lowest BCUT2D eigenvalue weighted by Crippen LogP contribution is -2.49. The molecule has 1 saturated heterocycles. The summed E-state index contributed by atoms with van der Waals surface area (Å²) in [6.07, 6.45) is 0.257. The number of hydrogen-bond donors (Lipinski definition) is 1. The van der Waals surface area contributed by atoms with Gasteiger partial charge in [0.2, 0.25) is 5.91 Å². The maximum Gasteiger partial charge on any atom is 0.227 e. The molecule has 1 aliphatic heterocycles. The molecule has 0 aliphatic carbocycles. The van der Waals surface area contributed by atoms with Crippen LogP contribution in [0.2, 0.25) is 0 Å². The van der Waals surface area contributed by atoms with Crippen molar-refractivity contribution < 1.29 is 9.53 Å². The van der Waals surface area contributed by atoms with Crippen LogP contribution in [0.3, 0.4) is 0 Å². The number of nitrogens with zero attached hydrogens (tertiary/aromatic N) is 2. The van der Waals surface area contributed by atoms with E-state index in [2.05, 4.69) is 20.8 Å². The average molecular weight is 253 g/mol. The number of morpholine rings is 1. The molecular weight excluding hydrogens is 230 g/mol. The molecular formula is C13H23N3O2. The summed E-state index contributed by atoms with van der Waals surface area (Å²) < 4.78 is 5.24. The second-order valence-corrected chi connectivity index (χ2v) is 5.97. The van der Waals surface area contributed by atoms with E-state index in [4.69, 9.17) is 15.7 Å². The second-order valence-electron chi connectivity index (χ2n) is 5.97. The first kappa shape index (κ1) is 14.9. The molecule has 0 aromatic rings. The lowest BCUT2D eigenvalue weighted by atomic mass is 9.84. The summed E-state index contributed by atoms with van der Waals surface area (Å²) in [5.41, 5.74) is 5.78. The van der Waals surface area contributed by atoms with E-state index < -0.39 is 6.10 Å². The van der Waals surface area contributed by atoms with Crippen molar-refractivity contribution in [3.63, 3.8) is 0 Å². The summed E-state index contributed by atoms with van der Waals surface area (Å²) in [4.78, 5) is 14.1. The van der Waals surface area contributed by atoms with Crippen molar-refractivity contribution in [3.05, 3.63) is 0 Å². The molecule has 0 aromatic carbocycles. The van der Waals surface area contributed by atoms with Gasteiger partial charge in [-0.05, 0) is 11.8 Å². The van der Waals surface area contributed by atoms with Gasteiger partial charge in [-0.25, -0.2) is 0 Å². The van der Waals surface area contributed by atoms with Crippen LogP contribution in [0.25, 0.3) is 0 Å². The Labute approximate surface area is 109 Å². The first-order valence-electron chi connectivity index (χ1n) is 6.37. The zero-order valence-electron chi connectivity index (χ0n) is 11.5. The van der Waals surface area contributed by atoms with Crippen molar-refractivity contribution in [1.29, 1.82) is 5.26 Å². The fourth-order valence-electron chi connectivity index (χ4n) is 2.20. The van der Waals surface area contributed by atoms with E-state index in [0.29, 0.717) is 26.2 Å². The number of ether oxygens (including phenoxy) is 1. The predicted molar refractivity (Wildman–Crippen MR) is 68.5 cm³/mol. The molecule has 0 bridgehead atoms. The van der Waals surface area contributed by atoms with Crippen molar-refractivity contribution in [1.82, 2.24) is 4.90 Å². The molecule has 1 amide bonds. The summed E-state index contributed by atoms with van der Waals surface area (Å²) in [6.45, 7) is 7.98. The smallest absolute Gasteiger partial charge is 0.227 e. The first-order valence-corrected chi connectivity index (χ1v) is 6.37. The zero-order chi connectivity index (χ0) is 13.8. The molecule has 1 rings (SSSR count). The molecule has 5 nitrogen and oxygen atoms in total. The lowest BCUT2D eigenvalue weighted by molar-refractivity contribution is -0.142. The summed E-state index contributed by atoms with van der Waals surface area (Å²) in [7, 11) is 0. The molecule has 1 fully saturated rings. The largest absolute Gasteiger partial charge is 0.360 e. The van der Waals surface area contributed by atoms with E-state index in [1.54, 1.807) is 4.90 Å². The molecule has 2 unspecified atom stereocenters. The van der Waals surface area contributed by atoms with Crippen molar-refractivity contribution in [2.45, 2.75) is 33.3 Å². The Morgan fingerprint density at radius 2 is 2.28 bits per heavy atom. The number of nitriles is 1. The third-order valence-corrected chi connectivity index (χ3v) is 3.01. The predicted octanol–water partition coefficient (Wildman–Crippen LogP) is 0.748. The third-order valence-electron chi connectivity index (χ3n) is 3.01. The monoisotopic (exact) mass is 253 g/mol. The normalized spacial score (nSPS) is 22.4. The summed E-state index contributed by atoms with van der Waals surface area (Å²) in [6, 6.07) is 2.05. The number of hydrogen-bond acceptors (Lipinski definition) is 4. The van der Waals surface area contributed by atoms with Gasteiger partial charge in [-0.15, -0.1) is 0 Å². The minimum Gasteiger partial charge on any atom is -0.360 e. The minimum absolute atomic E-state index is 0.0518. The Balaban J connectivity index is 2.64. The van der Waals surface area contributed by atoms with Gasteiger partial charge in [0.1, 0.15) is 0 Å². The molecule has 102 valence electrons. The zero-order valence-corrected chi connectivity index (χ0v) is 11.5. The highest BCUT2D eigenvalue weighted by Gasteiger charge is 2.30. The number of rotatable bonds is 3. The van der Waals surface area contributed by atoms with E-state index >= 15 is 0 Å². The molecule has 18 heavy (non-hydrogen) atoms. The Bertz CT molecular complexity index is 330. The van der Waals surface area contributed by atoms with E-state index in [1.165, 1.54) is 0 Å². The van der Waals surface area contributed by atoms with Gasteiger partial charge in [-0.2, -0.15) is 5.26 Å². The van der Waals surface area contributed by atoms with Crippen molar-refractivity contribution >= 4 is 5.91 Å². The van der Waals surface area contributed by atoms with Gasteiger partial charge in [0.05, 0.1) is 25.1 Å². The van der Waals surface area contributed by atoms with Gasteiger partial charge in [0, 0.05) is 13.1 Å². The van der Waals surface area contributed by atoms with E-state index in [0.717, 1.165) is 6.42 Å².